The molecule has 0 aromatic carbocycles. The first kappa shape index (κ1) is 50.8. The van der Waals surface area contributed by atoms with Gasteiger partial charge in [-0.3, -0.25) is 14.4 Å². The smallest absolute Gasteiger partial charge is 0.328 e. The number of nitrogens with one attached hydrogen (secondary N) is 2. The summed E-state index contributed by atoms with van der Waals surface area (Å²) in [7, 11) is 0. The van der Waals surface area contributed by atoms with Gasteiger partial charge in [0, 0.05) is 12.8 Å². The summed E-state index contributed by atoms with van der Waals surface area (Å²) in [5.74, 6) is -2.43. The number of aliphatic hydroxyl groups excluding tert-OH is 1. The van der Waals surface area contributed by atoms with Gasteiger partial charge in [-0.1, -0.05) is 146 Å². The highest BCUT2D eigenvalue weighted by Crippen LogP contribution is 2.15. The van der Waals surface area contributed by atoms with Crippen molar-refractivity contribution in [1.29, 1.82) is 0 Å². The first-order chi connectivity index (χ1) is 26.3. The lowest BCUT2D eigenvalue weighted by Crippen LogP contribution is -2.47. The monoisotopic (exact) mass is 759 g/mol. The molecule has 0 aliphatic rings. The minimum absolute atomic E-state index is 0.136. The van der Waals surface area contributed by atoms with Crippen LogP contribution in [0.4, 0.5) is 0 Å². The number of carboxylic acid groups (broad SMARTS) is 1. The first-order valence-corrected chi connectivity index (χ1v) is 21.5. The lowest BCUT2D eigenvalue weighted by atomic mass is 10.1. The summed E-state index contributed by atoms with van der Waals surface area (Å²) in [4.78, 5) is 47.4. The van der Waals surface area contributed by atoms with E-state index >= 15 is 0 Å². The standard InChI is InChI=1S/C45H78N2O7/c1-3-5-7-9-11-12-13-14-15-16-17-18-19-20-21-22-23-24-25-27-33-37-44(51)54-40(34-30-26-10-8-6-4-2)35-31-28-29-32-36-42(49)46-38-43(50)47-41(39-48)45(52)53/h8,10,13-14,16-17,30,34,40-41,48H,3-7,9,11-12,15,18-29,31-33,35-39H2,1-2H3,(H,46,49)(H,47,50)(H,52,53)/b10-8-,14-13-,17-16-,34-30-. The van der Waals surface area contributed by atoms with Crippen LogP contribution in [-0.2, 0) is 23.9 Å². The third-order valence-corrected chi connectivity index (χ3v) is 9.26. The fourth-order valence-electron chi connectivity index (χ4n) is 5.94. The number of ether oxygens (including phenoxy) is 1. The third kappa shape index (κ3) is 35.8. The molecule has 2 amide bonds. The molecule has 0 fully saturated rings. The van der Waals surface area contributed by atoms with Gasteiger partial charge in [-0.25, -0.2) is 4.79 Å². The molecule has 9 heteroatoms. The molecule has 9 nitrogen and oxygen atoms in total. The van der Waals surface area contributed by atoms with Crippen molar-refractivity contribution in [2.24, 2.45) is 0 Å². The number of aliphatic hydroxyl groups is 1. The zero-order valence-corrected chi connectivity index (χ0v) is 34.2. The van der Waals surface area contributed by atoms with E-state index in [-0.39, 0.29) is 30.9 Å². The Bertz CT molecular complexity index is 1050. The van der Waals surface area contributed by atoms with Gasteiger partial charge in [-0.05, 0) is 76.7 Å². The van der Waals surface area contributed by atoms with Gasteiger partial charge in [-0.2, -0.15) is 0 Å². The molecule has 310 valence electrons. The maximum atomic E-state index is 12.7. The summed E-state index contributed by atoms with van der Waals surface area (Å²) in [6.07, 6.45) is 46.1. The Labute approximate surface area is 328 Å². The molecule has 0 saturated carbocycles. The zero-order chi connectivity index (χ0) is 39.7. The highest BCUT2D eigenvalue weighted by atomic mass is 16.5. The number of unbranched alkanes of at least 4 members (excludes halogenated alkanes) is 18. The van der Waals surface area contributed by atoms with Gasteiger partial charge in [0.15, 0.2) is 0 Å². The van der Waals surface area contributed by atoms with Crippen LogP contribution in [0.1, 0.15) is 187 Å². The van der Waals surface area contributed by atoms with Crippen molar-refractivity contribution < 1.29 is 34.1 Å². The lowest BCUT2D eigenvalue weighted by molar-refractivity contribution is -0.147. The van der Waals surface area contributed by atoms with E-state index in [4.69, 9.17) is 14.9 Å². The molecule has 2 unspecified atom stereocenters. The second kappa shape index (κ2) is 39.5. The molecule has 4 N–H and O–H groups in total. The van der Waals surface area contributed by atoms with Gasteiger partial charge in [0.1, 0.15) is 12.1 Å². The van der Waals surface area contributed by atoms with E-state index in [9.17, 15) is 19.2 Å². The molecular weight excluding hydrogens is 681 g/mol. The van der Waals surface area contributed by atoms with E-state index in [1.165, 1.54) is 83.5 Å². The Hall–Kier alpha value is -3.20. The summed E-state index contributed by atoms with van der Waals surface area (Å²) in [5.41, 5.74) is 0. The topological polar surface area (TPSA) is 142 Å². The highest BCUT2D eigenvalue weighted by molar-refractivity contribution is 5.87. The molecule has 0 aliphatic carbocycles. The molecule has 0 saturated heterocycles. The van der Waals surface area contributed by atoms with Crippen molar-refractivity contribution in [3.8, 4) is 0 Å². The summed E-state index contributed by atoms with van der Waals surface area (Å²) >= 11 is 0. The summed E-state index contributed by atoms with van der Waals surface area (Å²) < 4.78 is 5.86. The Morgan fingerprint density at radius 2 is 1.09 bits per heavy atom. The number of carbonyl (C=O) groups is 4. The van der Waals surface area contributed by atoms with Crippen LogP contribution in [0.15, 0.2) is 48.6 Å². The third-order valence-electron chi connectivity index (χ3n) is 9.26. The Kier molecular flexibility index (Phi) is 37.2. The van der Waals surface area contributed by atoms with E-state index in [1.54, 1.807) is 0 Å². The van der Waals surface area contributed by atoms with Crippen LogP contribution in [0.5, 0.6) is 0 Å². The van der Waals surface area contributed by atoms with Crippen molar-refractivity contribution in [2.75, 3.05) is 13.2 Å². The van der Waals surface area contributed by atoms with Gasteiger partial charge >= 0.3 is 11.9 Å². The van der Waals surface area contributed by atoms with Crippen LogP contribution in [0.25, 0.3) is 0 Å². The number of aliphatic carboxylic acids is 1. The summed E-state index contributed by atoms with van der Waals surface area (Å²) in [6.45, 7) is 3.35. The predicted molar refractivity (Wildman–Crippen MR) is 222 cm³/mol. The fourth-order valence-corrected chi connectivity index (χ4v) is 5.94. The fraction of sp³-hybridized carbons (Fsp3) is 0.733. The van der Waals surface area contributed by atoms with Gasteiger partial charge in [0.05, 0.1) is 13.2 Å². The predicted octanol–water partition coefficient (Wildman–Crippen LogP) is 10.4. The molecule has 0 spiro atoms. The second-order valence-corrected chi connectivity index (χ2v) is 14.4. The number of amides is 2. The van der Waals surface area contributed by atoms with E-state index in [0.29, 0.717) is 12.8 Å². The van der Waals surface area contributed by atoms with Crippen LogP contribution in [-0.4, -0.2) is 59.3 Å². The van der Waals surface area contributed by atoms with Crippen LogP contribution in [0.3, 0.4) is 0 Å². The molecular formula is C45H78N2O7. The van der Waals surface area contributed by atoms with Gasteiger partial charge in [0.25, 0.3) is 0 Å². The zero-order valence-electron chi connectivity index (χ0n) is 34.2. The van der Waals surface area contributed by atoms with Gasteiger partial charge in [0.2, 0.25) is 11.8 Å². The van der Waals surface area contributed by atoms with Crippen LogP contribution < -0.4 is 10.6 Å². The molecule has 0 bridgehead atoms. The quantitative estimate of drug-likeness (QED) is 0.0279. The van der Waals surface area contributed by atoms with Gasteiger partial charge < -0.3 is 25.6 Å². The SMILES string of the molecule is CCC/C=C\C/C=C\C(CCCCCCC(=O)NCC(=O)NC(CO)C(=O)O)OC(=O)CCCCCCCCCCC/C=C\C/C=C\CCCCCCC. The number of carbonyl (C=O) groups excluding carboxylic acids is 3. The Morgan fingerprint density at radius 1 is 0.574 bits per heavy atom. The van der Waals surface area contributed by atoms with Crippen LogP contribution in [0, 0.1) is 0 Å². The summed E-state index contributed by atoms with van der Waals surface area (Å²) in [5, 5.41) is 22.5. The number of allylic oxidation sites excluding steroid dienone is 7. The van der Waals surface area contributed by atoms with E-state index in [2.05, 4.69) is 67.0 Å². The van der Waals surface area contributed by atoms with E-state index in [1.807, 2.05) is 6.08 Å². The molecule has 0 aromatic rings. The van der Waals surface area contributed by atoms with Gasteiger partial charge in [-0.15, -0.1) is 0 Å². The van der Waals surface area contributed by atoms with Crippen molar-refractivity contribution in [1.82, 2.24) is 10.6 Å². The molecule has 54 heavy (non-hydrogen) atoms. The largest absolute Gasteiger partial charge is 0.480 e. The average Bonchev–Trinajstić information content (AvgIpc) is 3.15. The van der Waals surface area contributed by atoms with E-state index < -0.39 is 24.5 Å². The maximum Gasteiger partial charge on any atom is 0.328 e. The highest BCUT2D eigenvalue weighted by Gasteiger charge is 2.18. The molecule has 0 rings (SSSR count). The van der Waals surface area contributed by atoms with Crippen LogP contribution >= 0.6 is 0 Å². The molecule has 0 aromatic heterocycles. The molecule has 0 heterocycles. The maximum absolute atomic E-state index is 12.7. The minimum Gasteiger partial charge on any atom is -0.480 e. The lowest BCUT2D eigenvalue weighted by Gasteiger charge is -2.15. The van der Waals surface area contributed by atoms with E-state index in [0.717, 1.165) is 70.6 Å². The van der Waals surface area contributed by atoms with Crippen LogP contribution in [0.2, 0.25) is 0 Å². The number of esters is 1. The normalized spacial score (nSPS) is 12.9. The van der Waals surface area contributed by atoms with Crippen molar-refractivity contribution in [3.63, 3.8) is 0 Å². The second-order valence-electron chi connectivity index (χ2n) is 14.4. The average molecular weight is 759 g/mol. The Morgan fingerprint density at radius 3 is 1.67 bits per heavy atom. The summed E-state index contributed by atoms with van der Waals surface area (Å²) in [6, 6.07) is -1.39. The Balaban J connectivity index is 4.10. The number of rotatable bonds is 38. The first-order valence-electron chi connectivity index (χ1n) is 21.5. The minimum atomic E-state index is -1.39. The van der Waals surface area contributed by atoms with Crippen molar-refractivity contribution >= 4 is 23.8 Å². The molecule has 2 atom stereocenters. The number of hydrogen-bond donors (Lipinski definition) is 4. The molecule has 0 radical (unpaired) electrons. The van der Waals surface area contributed by atoms with Crippen molar-refractivity contribution in [3.05, 3.63) is 48.6 Å². The number of hydrogen-bond acceptors (Lipinski definition) is 6. The number of carboxylic acids is 1. The molecule has 0 aliphatic heterocycles. The van der Waals surface area contributed by atoms with Crippen molar-refractivity contribution in [2.45, 2.75) is 199 Å².